The van der Waals surface area contributed by atoms with E-state index in [0.717, 1.165) is 69.4 Å². The molecule has 40 heavy (non-hydrogen) atoms. The lowest BCUT2D eigenvalue weighted by Crippen LogP contribution is -2.45. The number of anilines is 1. The fourth-order valence-corrected chi connectivity index (χ4v) is 5.31. The molecule has 1 N–H and O–H groups in total. The van der Waals surface area contributed by atoms with Gasteiger partial charge >= 0.3 is 0 Å². The Morgan fingerprint density at radius 1 is 0.775 bits per heavy atom. The second-order valence-electron chi connectivity index (χ2n) is 10.0. The summed E-state index contributed by atoms with van der Waals surface area (Å²) in [6, 6.07) is 14.7. The molecule has 206 valence electrons. The van der Waals surface area contributed by atoms with Gasteiger partial charge in [0.25, 0.3) is 11.9 Å². The lowest BCUT2D eigenvalue weighted by molar-refractivity contribution is 0.0743. The van der Waals surface area contributed by atoms with Crippen molar-refractivity contribution >= 4 is 35.1 Å². The topological polar surface area (TPSA) is 105 Å². The fraction of sp³-hybridized carbons (Fsp3) is 0.357. The minimum absolute atomic E-state index is 0.137. The van der Waals surface area contributed by atoms with E-state index in [-0.39, 0.29) is 18.1 Å². The monoisotopic (exact) mass is 577 g/mol. The zero-order chi connectivity index (χ0) is 27.5. The highest BCUT2D eigenvalue weighted by atomic mass is 35.5. The molecule has 10 nitrogen and oxygen atoms in total. The minimum atomic E-state index is -0.317. The van der Waals surface area contributed by atoms with Crippen LogP contribution in [0.25, 0.3) is 22.5 Å². The molecule has 2 aromatic carbocycles. The van der Waals surface area contributed by atoms with Crippen molar-refractivity contribution in [2.45, 2.75) is 38.6 Å². The average Bonchev–Trinajstić information content (AvgIpc) is 3.67. The van der Waals surface area contributed by atoms with Gasteiger partial charge in [-0.2, -0.15) is 4.80 Å². The number of rotatable bonds is 7. The Hall–Kier alpha value is -3.60. The molecule has 6 rings (SSSR count). The van der Waals surface area contributed by atoms with Crippen molar-refractivity contribution in [3.05, 3.63) is 70.0 Å². The van der Waals surface area contributed by atoms with Gasteiger partial charge in [-0.05, 0) is 55.2 Å². The molecule has 0 radical (unpaired) electrons. The quantitative estimate of drug-likeness (QED) is 0.331. The Morgan fingerprint density at radius 3 is 1.98 bits per heavy atom. The molecule has 0 aliphatic carbocycles. The number of hydrogen-bond acceptors (Lipinski definition) is 8. The number of piperidine rings is 1. The predicted molar refractivity (Wildman–Crippen MR) is 154 cm³/mol. The van der Waals surface area contributed by atoms with Crippen LogP contribution in [0.2, 0.25) is 10.0 Å². The molecule has 4 aromatic rings. The van der Waals surface area contributed by atoms with Crippen LogP contribution in [0.1, 0.15) is 48.3 Å². The van der Waals surface area contributed by atoms with Crippen molar-refractivity contribution in [1.82, 2.24) is 40.6 Å². The number of halogens is 2. The van der Waals surface area contributed by atoms with Gasteiger partial charge in [-0.3, -0.25) is 10.2 Å². The van der Waals surface area contributed by atoms with Gasteiger partial charge in [0.15, 0.2) is 5.69 Å². The van der Waals surface area contributed by atoms with Gasteiger partial charge < -0.3 is 4.90 Å². The summed E-state index contributed by atoms with van der Waals surface area (Å²) >= 11 is 12.4. The summed E-state index contributed by atoms with van der Waals surface area (Å²) in [5.74, 6) is 0.266. The molecule has 12 heteroatoms. The van der Waals surface area contributed by atoms with E-state index < -0.39 is 0 Å². The summed E-state index contributed by atoms with van der Waals surface area (Å²) in [5.41, 5.74) is 6.49. The van der Waals surface area contributed by atoms with Gasteiger partial charge in [-0.25, -0.2) is 15.0 Å². The van der Waals surface area contributed by atoms with Crippen LogP contribution in [0.5, 0.6) is 0 Å². The van der Waals surface area contributed by atoms with E-state index in [1.165, 1.54) is 4.80 Å². The fourth-order valence-electron chi connectivity index (χ4n) is 5.06. The van der Waals surface area contributed by atoms with Crippen molar-refractivity contribution in [3.8, 4) is 22.5 Å². The Morgan fingerprint density at radius 2 is 1.35 bits per heavy atom. The van der Waals surface area contributed by atoms with Crippen molar-refractivity contribution < 1.29 is 4.79 Å². The van der Waals surface area contributed by atoms with Crippen molar-refractivity contribution in [2.75, 3.05) is 31.1 Å². The van der Waals surface area contributed by atoms with Gasteiger partial charge in [0.05, 0.1) is 17.1 Å². The third-order valence-corrected chi connectivity index (χ3v) is 7.66. The first kappa shape index (κ1) is 26.6. The molecule has 2 aliphatic rings. The molecule has 4 heterocycles. The molecule has 2 aromatic heterocycles. The Bertz CT molecular complexity index is 1480. The smallest absolute Gasteiger partial charge is 0.286 e. The predicted octanol–water partition coefficient (Wildman–Crippen LogP) is 4.88. The number of tetrazole rings is 1. The summed E-state index contributed by atoms with van der Waals surface area (Å²) in [5, 5.41) is 16.3. The third kappa shape index (κ3) is 5.94. The molecular formula is C28H29Cl2N9O. The SMILES string of the molecule is O=C(NN1CCCCC1)c1nc(-c2ccc(Cl)cc2)c(-c2ccc(Cl)cc2)nc1Cn1nnc(N2CCCC2)n1. The lowest BCUT2D eigenvalue weighted by atomic mass is 10.0. The standard InChI is InChI=1S/C28H29Cl2N9O/c29-21-10-6-19(7-11-21)24-25(20-8-12-22(30)13-9-20)32-26(27(40)34-38-16-2-1-3-17-38)23(31-24)18-39-35-28(33-36-39)37-14-4-5-15-37/h6-13H,1-5,14-18H2,(H,34,40). The van der Waals surface area contributed by atoms with E-state index >= 15 is 0 Å². The molecule has 0 spiro atoms. The number of amides is 1. The van der Waals surface area contributed by atoms with E-state index in [9.17, 15) is 4.79 Å². The molecule has 2 fully saturated rings. The second kappa shape index (κ2) is 11.9. The molecular weight excluding hydrogens is 549 g/mol. The molecule has 0 unspecified atom stereocenters. The number of nitrogens with zero attached hydrogens (tertiary/aromatic N) is 8. The van der Waals surface area contributed by atoms with Crippen molar-refractivity contribution in [3.63, 3.8) is 0 Å². The van der Waals surface area contributed by atoms with E-state index in [2.05, 4.69) is 25.7 Å². The first-order valence-electron chi connectivity index (χ1n) is 13.5. The summed E-state index contributed by atoms with van der Waals surface area (Å²) in [4.78, 5) is 27.3. The van der Waals surface area contributed by atoms with Crippen LogP contribution >= 0.6 is 23.2 Å². The van der Waals surface area contributed by atoms with Crippen LogP contribution in [0.15, 0.2) is 48.5 Å². The third-order valence-electron chi connectivity index (χ3n) is 7.16. The highest BCUT2D eigenvalue weighted by Gasteiger charge is 2.25. The lowest BCUT2D eigenvalue weighted by Gasteiger charge is -2.27. The van der Waals surface area contributed by atoms with Gasteiger partial charge in [0.2, 0.25) is 0 Å². The Labute approximate surface area is 242 Å². The maximum Gasteiger partial charge on any atom is 0.286 e. The van der Waals surface area contributed by atoms with Gasteiger partial charge in [0.1, 0.15) is 6.54 Å². The minimum Gasteiger partial charge on any atom is -0.338 e. The van der Waals surface area contributed by atoms with Crippen molar-refractivity contribution in [1.29, 1.82) is 0 Å². The number of carbonyl (C=O) groups is 1. The maximum atomic E-state index is 13.7. The molecule has 0 atom stereocenters. The van der Waals surface area contributed by atoms with Crippen LogP contribution in [0, 0.1) is 0 Å². The largest absolute Gasteiger partial charge is 0.338 e. The van der Waals surface area contributed by atoms with Crippen LogP contribution in [0.3, 0.4) is 0 Å². The van der Waals surface area contributed by atoms with E-state index in [1.54, 1.807) is 12.1 Å². The number of benzene rings is 2. The van der Waals surface area contributed by atoms with E-state index in [1.807, 2.05) is 41.4 Å². The van der Waals surface area contributed by atoms with Crippen LogP contribution in [-0.2, 0) is 6.54 Å². The van der Waals surface area contributed by atoms with E-state index in [0.29, 0.717) is 33.1 Å². The van der Waals surface area contributed by atoms with Crippen LogP contribution in [0.4, 0.5) is 5.95 Å². The first-order valence-corrected chi connectivity index (χ1v) is 14.3. The van der Waals surface area contributed by atoms with Gasteiger partial charge in [-0.15, -0.1) is 5.10 Å². The number of nitrogens with one attached hydrogen (secondary N) is 1. The van der Waals surface area contributed by atoms with Crippen LogP contribution < -0.4 is 10.3 Å². The Balaban J connectivity index is 1.44. The summed E-state index contributed by atoms with van der Waals surface area (Å²) in [7, 11) is 0. The summed E-state index contributed by atoms with van der Waals surface area (Å²) in [6.07, 6.45) is 5.44. The second-order valence-corrected chi connectivity index (χ2v) is 10.9. The first-order chi connectivity index (χ1) is 19.5. The normalized spacial score (nSPS) is 15.9. The van der Waals surface area contributed by atoms with Gasteiger partial charge in [-0.1, -0.05) is 59.0 Å². The highest BCUT2D eigenvalue weighted by Crippen LogP contribution is 2.32. The molecule has 2 saturated heterocycles. The zero-order valence-electron chi connectivity index (χ0n) is 21.9. The summed E-state index contributed by atoms with van der Waals surface area (Å²) < 4.78 is 0. The molecule has 1 amide bonds. The summed E-state index contributed by atoms with van der Waals surface area (Å²) in [6.45, 7) is 3.55. The highest BCUT2D eigenvalue weighted by molar-refractivity contribution is 6.31. The average molecular weight is 579 g/mol. The molecule has 0 saturated carbocycles. The molecule has 2 aliphatic heterocycles. The van der Waals surface area contributed by atoms with E-state index in [4.69, 9.17) is 33.2 Å². The van der Waals surface area contributed by atoms with Crippen molar-refractivity contribution in [2.24, 2.45) is 0 Å². The number of aromatic nitrogens is 6. The van der Waals surface area contributed by atoms with Crippen LogP contribution in [-0.4, -0.2) is 67.3 Å². The number of carbonyl (C=O) groups excluding carboxylic acids is 1. The Kier molecular flexibility index (Phi) is 7.90. The van der Waals surface area contributed by atoms with Gasteiger partial charge in [0, 0.05) is 47.4 Å². The molecule has 0 bridgehead atoms. The number of hydrogen-bond donors (Lipinski definition) is 1. The zero-order valence-corrected chi connectivity index (χ0v) is 23.4. The maximum absolute atomic E-state index is 13.7. The number of hydrazine groups is 1.